The fourth-order valence-corrected chi connectivity index (χ4v) is 1.76. The molecule has 1 N–H and O–H groups in total. The van der Waals surface area contributed by atoms with E-state index < -0.39 is 0 Å². The van der Waals surface area contributed by atoms with E-state index in [0.717, 1.165) is 10.9 Å². The van der Waals surface area contributed by atoms with Crippen LogP contribution < -0.4 is 0 Å². The molecule has 0 amide bonds. The van der Waals surface area contributed by atoms with Gasteiger partial charge in [0.2, 0.25) is 0 Å². The Labute approximate surface area is 81.6 Å². The van der Waals surface area contributed by atoms with Gasteiger partial charge in [0.1, 0.15) is 5.82 Å². The van der Waals surface area contributed by atoms with Gasteiger partial charge in [-0.2, -0.15) is 0 Å². The quantitative estimate of drug-likeness (QED) is 0.777. The van der Waals surface area contributed by atoms with E-state index in [9.17, 15) is 4.39 Å². The highest BCUT2D eigenvalue weighted by atomic mass is 19.1. The summed E-state index contributed by atoms with van der Waals surface area (Å²) in [4.78, 5) is 0. The Morgan fingerprint density at radius 1 is 1.43 bits per heavy atom. The molecular formula is C11H12FNO. The second-order valence-corrected chi connectivity index (χ2v) is 3.23. The smallest absolute Gasteiger partial charge is 0.147 e. The summed E-state index contributed by atoms with van der Waals surface area (Å²) >= 11 is 0. The number of halogens is 1. The molecule has 0 fully saturated rings. The molecule has 2 rings (SSSR count). The van der Waals surface area contributed by atoms with E-state index >= 15 is 0 Å². The molecule has 74 valence electrons. The predicted octanol–water partition coefficient (Wildman–Crippen LogP) is 2.29. The molecule has 1 aromatic heterocycles. The van der Waals surface area contributed by atoms with Crippen LogP contribution in [0.4, 0.5) is 4.39 Å². The molecule has 1 aromatic carbocycles. The van der Waals surface area contributed by atoms with Gasteiger partial charge in [0.05, 0.1) is 12.1 Å². The lowest BCUT2D eigenvalue weighted by Gasteiger charge is -2.00. The molecule has 0 bridgehead atoms. The third kappa shape index (κ3) is 1.21. The van der Waals surface area contributed by atoms with Crippen molar-refractivity contribution in [3.8, 4) is 0 Å². The lowest BCUT2D eigenvalue weighted by Crippen LogP contribution is -1.92. The van der Waals surface area contributed by atoms with E-state index in [1.54, 1.807) is 12.3 Å². The van der Waals surface area contributed by atoms with Crippen LogP contribution >= 0.6 is 0 Å². The van der Waals surface area contributed by atoms with Crippen molar-refractivity contribution < 1.29 is 9.50 Å². The minimum Gasteiger partial charge on any atom is -0.392 e. The number of aliphatic hydroxyl groups is 1. The highest BCUT2D eigenvalue weighted by molar-refractivity contribution is 5.84. The van der Waals surface area contributed by atoms with Gasteiger partial charge in [-0.3, -0.25) is 0 Å². The summed E-state index contributed by atoms with van der Waals surface area (Å²) in [5, 5.41) is 9.90. The van der Waals surface area contributed by atoms with Gasteiger partial charge in [0, 0.05) is 23.7 Å². The average molecular weight is 193 g/mol. The van der Waals surface area contributed by atoms with Crippen LogP contribution in [0.25, 0.3) is 10.9 Å². The van der Waals surface area contributed by atoms with E-state index in [1.165, 1.54) is 6.07 Å². The molecule has 0 saturated carbocycles. The van der Waals surface area contributed by atoms with Crippen molar-refractivity contribution in [2.24, 2.45) is 0 Å². The molecular weight excluding hydrogens is 181 g/mol. The maximum Gasteiger partial charge on any atom is 0.147 e. The normalized spacial score (nSPS) is 11.1. The van der Waals surface area contributed by atoms with Gasteiger partial charge in [-0.15, -0.1) is 0 Å². The van der Waals surface area contributed by atoms with Gasteiger partial charge < -0.3 is 9.67 Å². The molecule has 0 spiro atoms. The van der Waals surface area contributed by atoms with Crippen LogP contribution in [0.2, 0.25) is 0 Å². The number of rotatable bonds is 2. The van der Waals surface area contributed by atoms with Gasteiger partial charge in [-0.05, 0) is 13.0 Å². The van der Waals surface area contributed by atoms with Gasteiger partial charge in [0.25, 0.3) is 0 Å². The fraction of sp³-hybridized carbons (Fsp3) is 0.273. The highest BCUT2D eigenvalue weighted by Gasteiger charge is 2.09. The van der Waals surface area contributed by atoms with E-state index in [1.807, 2.05) is 17.6 Å². The first-order valence-electron chi connectivity index (χ1n) is 4.65. The first-order chi connectivity index (χ1) is 6.77. The second kappa shape index (κ2) is 3.42. The number of fused-ring (bicyclic) bond motifs is 1. The van der Waals surface area contributed by atoms with Crippen LogP contribution in [0, 0.1) is 5.82 Å². The van der Waals surface area contributed by atoms with Crippen LogP contribution in [0.15, 0.2) is 24.4 Å². The SMILES string of the molecule is CCn1cc(CO)c2cccc(F)c21. The van der Waals surface area contributed by atoms with Gasteiger partial charge in [0.15, 0.2) is 0 Å². The molecule has 2 aromatic rings. The summed E-state index contributed by atoms with van der Waals surface area (Å²) in [7, 11) is 0. The third-order valence-electron chi connectivity index (χ3n) is 2.44. The Kier molecular flexibility index (Phi) is 2.25. The summed E-state index contributed by atoms with van der Waals surface area (Å²) in [6.07, 6.45) is 1.80. The Morgan fingerprint density at radius 2 is 2.21 bits per heavy atom. The van der Waals surface area contributed by atoms with E-state index in [0.29, 0.717) is 12.1 Å². The maximum atomic E-state index is 13.5. The van der Waals surface area contributed by atoms with Crippen LogP contribution in [0.1, 0.15) is 12.5 Å². The van der Waals surface area contributed by atoms with Crippen molar-refractivity contribution in [3.63, 3.8) is 0 Å². The molecule has 14 heavy (non-hydrogen) atoms. The molecule has 0 aliphatic heterocycles. The number of para-hydroxylation sites is 1. The van der Waals surface area contributed by atoms with Crippen molar-refractivity contribution in [3.05, 3.63) is 35.8 Å². The van der Waals surface area contributed by atoms with Crippen LogP contribution in [0.3, 0.4) is 0 Å². The van der Waals surface area contributed by atoms with Gasteiger partial charge in [-0.25, -0.2) is 4.39 Å². The molecule has 0 aliphatic carbocycles. The lowest BCUT2D eigenvalue weighted by atomic mass is 10.2. The molecule has 3 heteroatoms. The number of benzene rings is 1. The number of aryl methyl sites for hydroxylation is 1. The van der Waals surface area contributed by atoms with E-state index in [-0.39, 0.29) is 12.4 Å². The van der Waals surface area contributed by atoms with Crippen molar-refractivity contribution in [2.45, 2.75) is 20.1 Å². The Balaban J connectivity index is 2.82. The average Bonchev–Trinajstić information content (AvgIpc) is 2.57. The van der Waals surface area contributed by atoms with Crippen molar-refractivity contribution in [2.75, 3.05) is 0 Å². The van der Waals surface area contributed by atoms with Crippen LogP contribution in [-0.4, -0.2) is 9.67 Å². The third-order valence-corrected chi connectivity index (χ3v) is 2.44. The van der Waals surface area contributed by atoms with E-state index in [2.05, 4.69) is 0 Å². The van der Waals surface area contributed by atoms with Crippen molar-refractivity contribution in [1.29, 1.82) is 0 Å². The summed E-state index contributed by atoms with van der Waals surface area (Å²) in [5.41, 5.74) is 1.36. The first kappa shape index (κ1) is 9.21. The zero-order chi connectivity index (χ0) is 10.1. The number of nitrogens with zero attached hydrogens (tertiary/aromatic N) is 1. The Hall–Kier alpha value is -1.35. The molecule has 0 aliphatic rings. The maximum absolute atomic E-state index is 13.5. The molecule has 1 heterocycles. The summed E-state index contributed by atoms with van der Waals surface area (Å²) in [6, 6.07) is 4.93. The Bertz CT molecular complexity index is 462. The standard InChI is InChI=1S/C11H12FNO/c1-2-13-6-8(7-14)9-4-3-5-10(12)11(9)13/h3-6,14H,2,7H2,1H3. The number of aromatic nitrogens is 1. The summed E-state index contributed by atoms with van der Waals surface area (Å²) in [6.45, 7) is 2.61. The van der Waals surface area contributed by atoms with Crippen molar-refractivity contribution in [1.82, 2.24) is 4.57 Å². The zero-order valence-electron chi connectivity index (χ0n) is 8.00. The minimum atomic E-state index is -0.232. The van der Waals surface area contributed by atoms with Crippen LogP contribution in [0.5, 0.6) is 0 Å². The monoisotopic (exact) mass is 193 g/mol. The van der Waals surface area contributed by atoms with Crippen LogP contribution in [-0.2, 0) is 13.2 Å². The molecule has 0 unspecified atom stereocenters. The molecule has 0 saturated heterocycles. The largest absolute Gasteiger partial charge is 0.392 e. The zero-order valence-corrected chi connectivity index (χ0v) is 8.00. The lowest BCUT2D eigenvalue weighted by molar-refractivity contribution is 0.283. The molecule has 0 atom stereocenters. The summed E-state index contributed by atoms with van der Waals surface area (Å²) < 4.78 is 15.3. The van der Waals surface area contributed by atoms with Crippen molar-refractivity contribution >= 4 is 10.9 Å². The Morgan fingerprint density at radius 3 is 2.86 bits per heavy atom. The molecule has 2 nitrogen and oxygen atoms in total. The highest BCUT2D eigenvalue weighted by Crippen LogP contribution is 2.23. The minimum absolute atomic E-state index is 0.0487. The van der Waals surface area contributed by atoms with E-state index in [4.69, 9.17) is 5.11 Å². The molecule has 0 radical (unpaired) electrons. The van der Waals surface area contributed by atoms with Gasteiger partial charge in [-0.1, -0.05) is 12.1 Å². The number of aliphatic hydroxyl groups excluding tert-OH is 1. The topological polar surface area (TPSA) is 25.2 Å². The number of hydrogen-bond acceptors (Lipinski definition) is 1. The second-order valence-electron chi connectivity index (χ2n) is 3.23. The fourth-order valence-electron chi connectivity index (χ4n) is 1.76. The first-order valence-corrected chi connectivity index (χ1v) is 4.65. The van der Waals surface area contributed by atoms with Gasteiger partial charge >= 0.3 is 0 Å². The summed E-state index contributed by atoms with van der Waals surface area (Å²) in [5.74, 6) is -0.232. The predicted molar refractivity (Wildman–Crippen MR) is 53.5 cm³/mol. The number of hydrogen-bond donors (Lipinski definition) is 1.